The summed E-state index contributed by atoms with van der Waals surface area (Å²) >= 11 is 0. The van der Waals surface area contributed by atoms with Gasteiger partial charge in [0.05, 0.1) is 0 Å². The summed E-state index contributed by atoms with van der Waals surface area (Å²) in [5.74, 6) is 1.53. The van der Waals surface area contributed by atoms with Crippen LogP contribution >= 0.6 is 0 Å². The second-order valence-corrected chi connectivity index (χ2v) is 3.33. The molecular weight excluding hydrogens is 190 g/mol. The highest BCUT2D eigenvalue weighted by Gasteiger charge is 2.07. The number of aromatic amines is 1. The van der Waals surface area contributed by atoms with Crippen molar-refractivity contribution in [3.8, 4) is 11.4 Å². The van der Waals surface area contributed by atoms with Crippen LogP contribution in [0.2, 0.25) is 0 Å². The largest absolute Gasteiger partial charge is 0.330 e. The smallest absolute Gasteiger partial charge is 0.181 e. The maximum Gasteiger partial charge on any atom is 0.181 e. The summed E-state index contributed by atoms with van der Waals surface area (Å²) in [6, 6.07) is 1.91. The number of H-pyrrole nitrogens is 1. The molecule has 0 unspecified atom stereocenters. The SMILES string of the molecule is Cc1cnccc1-c1n[nH]c(CCN)n1. The summed E-state index contributed by atoms with van der Waals surface area (Å²) in [5.41, 5.74) is 7.51. The highest BCUT2D eigenvalue weighted by Crippen LogP contribution is 2.17. The van der Waals surface area contributed by atoms with Crippen LogP contribution in [0.4, 0.5) is 0 Å². The van der Waals surface area contributed by atoms with Gasteiger partial charge in [0.15, 0.2) is 5.82 Å². The number of rotatable bonds is 3. The summed E-state index contributed by atoms with van der Waals surface area (Å²) < 4.78 is 0. The lowest BCUT2D eigenvalue weighted by molar-refractivity contribution is 0.874. The van der Waals surface area contributed by atoms with Crippen molar-refractivity contribution in [2.45, 2.75) is 13.3 Å². The van der Waals surface area contributed by atoms with E-state index in [2.05, 4.69) is 20.2 Å². The summed E-state index contributed by atoms with van der Waals surface area (Å²) in [5, 5.41) is 7.02. The third kappa shape index (κ3) is 2.02. The Hall–Kier alpha value is -1.75. The van der Waals surface area contributed by atoms with E-state index < -0.39 is 0 Å². The lowest BCUT2D eigenvalue weighted by Crippen LogP contribution is -2.03. The quantitative estimate of drug-likeness (QED) is 0.768. The minimum atomic E-state index is 0.573. The van der Waals surface area contributed by atoms with E-state index >= 15 is 0 Å². The van der Waals surface area contributed by atoms with Gasteiger partial charge in [-0.2, -0.15) is 5.10 Å². The lowest BCUT2D eigenvalue weighted by Gasteiger charge is -1.98. The van der Waals surface area contributed by atoms with Crippen molar-refractivity contribution in [1.29, 1.82) is 0 Å². The molecule has 0 aliphatic heterocycles. The summed E-state index contributed by atoms with van der Waals surface area (Å²) in [7, 11) is 0. The van der Waals surface area contributed by atoms with Gasteiger partial charge in [-0.05, 0) is 25.1 Å². The Balaban J connectivity index is 2.33. The van der Waals surface area contributed by atoms with Gasteiger partial charge in [0.1, 0.15) is 5.82 Å². The minimum Gasteiger partial charge on any atom is -0.330 e. The van der Waals surface area contributed by atoms with E-state index in [1.807, 2.05) is 13.0 Å². The fourth-order valence-electron chi connectivity index (χ4n) is 1.39. The van der Waals surface area contributed by atoms with E-state index in [0.29, 0.717) is 12.4 Å². The molecular formula is C10H13N5. The van der Waals surface area contributed by atoms with E-state index in [-0.39, 0.29) is 0 Å². The molecule has 0 aliphatic rings. The first-order chi connectivity index (χ1) is 7.31. The minimum absolute atomic E-state index is 0.573. The van der Waals surface area contributed by atoms with Crippen molar-refractivity contribution in [3.63, 3.8) is 0 Å². The van der Waals surface area contributed by atoms with Crippen LogP contribution in [0.15, 0.2) is 18.5 Å². The van der Waals surface area contributed by atoms with Gasteiger partial charge in [0, 0.05) is 24.4 Å². The first kappa shape index (κ1) is 9.79. The zero-order valence-corrected chi connectivity index (χ0v) is 8.57. The van der Waals surface area contributed by atoms with Crippen molar-refractivity contribution in [2.24, 2.45) is 5.73 Å². The monoisotopic (exact) mass is 203 g/mol. The molecule has 3 N–H and O–H groups in total. The van der Waals surface area contributed by atoms with Gasteiger partial charge in [-0.25, -0.2) is 4.98 Å². The number of hydrogen-bond acceptors (Lipinski definition) is 4. The van der Waals surface area contributed by atoms with E-state index in [0.717, 1.165) is 23.4 Å². The Bertz CT molecular complexity index is 449. The molecule has 2 rings (SSSR count). The Morgan fingerprint density at radius 3 is 3.07 bits per heavy atom. The van der Waals surface area contributed by atoms with Crippen molar-refractivity contribution in [2.75, 3.05) is 6.54 Å². The van der Waals surface area contributed by atoms with E-state index in [1.54, 1.807) is 12.4 Å². The van der Waals surface area contributed by atoms with Gasteiger partial charge in [0.25, 0.3) is 0 Å². The van der Waals surface area contributed by atoms with Crippen LogP contribution in [-0.4, -0.2) is 26.7 Å². The Morgan fingerprint density at radius 2 is 2.33 bits per heavy atom. The third-order valence-electron chi connectivity index (χ3n) is 2.17. The van der Waals surface area contributed by atoms with E-state index in [9.17, 15) is 0 Å². The standard InChI is InChI=1S/C10H13N5/c1-7-6-12-5-3-8(7)10-13-9(2-4-11)14-15-10/h3,5-6H,2,4,11H2,1H3,(H,13,14,15). The van der Waals surface area contributed by atoms with Crippen molar-refractivity contribution in [3.05, 3.63) is 29.8 Å². The Kier molecular flexibility index (Phi) is 2.73. The van der Waals surface area contributed by atoms with Crippen LogP contribution in [0, 0.1) is 6.92 Å². The maximum absolute atomic E-state index is 5.44. The molecule has 2 heterocycles. The molecule has 0 saturated carbocycles. The first-order valence-electron chi connectivity index (χ1n) is 4.83. The zero-order valence-electron chi connectivity index (χ0n) is 8.57. The molecule has 0 aromatic carbocycles. The van der Waals surface area contributed by atoms with Crippen molar-refractivity contribution < 1.29 is 0 Å². The van der Waals surface area contributed by atoms with E-state index in [1.165, 1.54) is 0 Å². The van der Waals surface area contributed by atoms with Crippen LogP contribution in [0.1, 0.15) is 11.4 Å². The Labute approximate surface area is 87.8 Å². The molecule has 2 aromatic rings. The highest BCUT2D eigenvalue weighted by molar-refractivity contribution is 5.58. The third-order valence-corrected chi connectivity index (χ3v) is 2.17. The molecule has 78 valence electrons. The fourth-order valence-corrected chi connectivity index (χ4v) is 1.39. The number of aromatic nitrogens is 4. The number of nitrogens with zero attached hydrogens (tertiary/aromatic N) is 3. The van der Waals surface area contributed by atoms with Gasteiger partial charge < -0.3 is 5.73 Å². The van der Waals surface area contributed by atoms with Gasteiger partial charge in [0.2, 0.25) is 0 Å². The second kappa shape index (κ2) is 4.18. The summed E-state index contributed by atoms with van der Waals surface area (Å²) in [4.78, 5) is 8.38. The molecule has 5 nitrogen and oxygen atoms in total. The number of nitrogens with two attached hydrogens (primary N) is 1. The number of nitrogens with one attached hydrogen (secondary N) is 1. The molecule has 2 aromatic heterocycles. The van der Waals surface area contributed by atoms with Crippen molar-refractivity contribution >= 4 is 0 Å². The zero-order chi connectivity index (χ0) is 10.7. The van der Waals surface area contributed by atoms with Crippen LogP contribution in [0.3, 0.4) is 0 Å². The van der Waals surface area contributed by atoms with Gasteiger partial charge >= 0.3 is 0 Å². The van der Waals surface area contributed by atoms with Crippen LogP contribution in [-0.2, 0) is 6.42 Å². The average Bonchev–Trinajstić information content (AvgIpc) is 2.68. The van der Waals surface area contributed by atoms with Crippen molar-refractivity contribution in [1.82, 2.24) is 20.2 Å². The lowest BCUT2D eigenvalue weighted by atomic mass is 10.1. The molecule has 0 atom stereocenters. The van der Waals surface area contributed by atoms with Gasteiger partial charge in [-0.3, -0.25) is 10.1 Å². The van der Waals surface area contributed by atoms with Crippen LogP contribution in [0.5, 0.6) is 0 Å². The molecule has 0 spiro atoms. The summed E-state index contributed by atoms with van der Waals surface area (Å²) in [6.45, 7) is 2.56. The number of aryl methyl sites for hydroxylation is 1. The topological polar surface area (TPSA) is 80.5 Å². The molecule has 5 heteroatoms. The first-order valence-corrected chi connectivity index (χ1v) is 4.83. The predicted molar refractivity (Wildman–Crippen MR) is 57.1 cm³/mol. The van der Waals surface area contributed by atoms with E-state index in [4.69, 9.17) is 5.73 Å². The Morgan fingerprint density at radius 1 is 1.47 bits per heavy atom. The molecule has 0 fully saturated rings. The normalized spacial score (nSPS) is 10.5. The molecule has 0 radical (unpaired) electrons. The molecule has 0 aliphatic carbocycles. The summed E-state index contributed by atoms with van der Waals surface area (Å²) in [6.07, 6.45) is 4.26. The molecule has 0 bridgehead atoms. The van der Waals surface area contributed by atoms with Crippen LogP contribution < -0.4 is 5.73 Å². The average molecular weight is 203 g/mol. The van der Waals surface area contributed by atoms with Crippen LogP contribution in [0.25, 0.3) is 11.4 Å². The number of pyridine rings is 1. The fraction of sp³-hybridized carbons (Fsp3) is 0.300. The second-order valence-electron chi connectivity index (χ2n) is 3.33. The molecule has 0 saturated heterocycles. The molecule has 15 heavy (non-hydrogen) atoms. The molecule has 0 amide bonds. The maximum atomic E-state index is 5.44. The highest BCUT2D eigenvalue weighted by atomic mass is 15.2. The van der Waals surface area contributed by atoms with Gasteiger partial charge in [-0.1, -0.05) is 0 Å². The predicted octanol–water partition coefficient (Wildman–Crippen LogP) is 0.676. The van der Waals surface area contributed by atoms with Gasteiger partial charge in [-0.15, -0.1) is 0 Å². The number of hydrogen-bond donors (Lipinski definition) is 2.